The fraction of sp³-hybridized carbons (Fsp3) is 0.643. The van der Waals surface area contributed by atoms with E-state index in [4.69, 9.17) is 4.74 Å². The van der Waals surface area contributed by atoms with E-state index in [1.807, 2.05) is 12.2 Å². The molecule has 0 spiro atoms. The molecule has 1 rings (SSSR count). The van der Waals surface area contributed by atoms with E-state index in [0.717, 1.165) is 19.3 Å². The van der Waals surface area contributed by atoms with Crippen molar-refractivity contribution in [1.29, 1.82) is 0 Å². The molecule has 1 aliphatic heterocycles. The summed E-state index contributed by atoms with van der Waals surface area (Å²) in [5, 5.41) is 2.66. The number of hydrogen-bond acceptors (Lipinski definition) is 3. The van der Waals surface area contributed by atoms with E-state index in [-0.39, 0.29) is 6.10 Å². The Kier molecular flexibility index (Phi) is 8.21. The van der Waals surface area contributed by atoms with Gasteiger partial charge in [-0.15, -0.1) is 0 Å². The highest BCUT2D eigenvalue weighted by Crippen LogP contribution is 2.11. The number of carbonyl (C=O) groups is 1. The van der Waals surface area contributed by atoms with Crippen LogP contribution in [0.2, 0.25) is 0 Å². The zero-order chi connectivity index (χ0) is 13.9. The molecule has 0 aromatic heterocycles. The van der Waals surface area contributed by atoms with Crippen molar-refractivity contribution in [3.63, 3.8) is 0 Å². The van der Waals surface area contributed by atoms with Gasteiger partial charge in [0, 0.05) is 23.1 Å². The van der Waals surface area contributed by atoms with Crippen LogP contribution in [-0.4, -0.2) is 34.5 Å². The summed E-state index contributed by atoms with van der Waals surface area (Å²) in [6, 6.07) is 0. The molecule has 1 fully saturated rings. The van der Waals surface area contributed by atoms with Gasteiger partial charge in [-0.1, -0.05) is 31.2 Å². The maximum Gasteiger partial charge on any atom is 0.407 e. The van der Waals surface area contributed by atoms with Crippen molar-refractivity contribution in [3.8, 4) is 0 Å². The molecule has 0 aliphatic carbocycles. The highest BCUT2D eigenvalue weighted by atomic mass is 32.2. The van der Waals surface area contributed by atoms with E-state index in [2.05, 4.69) is 24.4 Å². The van der Waals surface area contributed by atoms with Crippen molar-refractivity contribution in [2.24, 2.45) is 0 Å². The van der Waals surface area contributed by atoms with E-state index >= 15 is 0 Å². The van der Waals surface area contributed by atoms with Crippen LogP contribution in [0.5, 0.6) is 0 Å². The molecule has 0 saturated carbocycles. The maximum atomic E-state index is 11.4. The molecule has 1 saturated heterocycles. The van der Waals surface area contributed by atoms with Crippen LogP contribution in [0, 0.1) is 0 Å². The highest BCUT2D eigenvalue weighted by molar-refractivity contribution is 7.85. The molecule has 0 radical (unpaired) electrons. The predicted molar refractivity (Wildman–Crippen MR) is 78.6 cm³/mol. The molecular weight excluding hydrogens is 262 g/mol. The SMILES string of the molecule is CC/C=C\CC/C=C/CNC(=O)OC1CCS(=O)C1. The number of rotatable bonds is 7. The molecule has 19 heavy (non-hydrogen) atoms. The minimum atomic E-state index is -0.808. The van der Waals surface area contributed by atoms with E-state index in [0.29, 0.717) is 24.5 Å². The second-order valence-electron chi connectivity index (χ2n) is 4.44. The van der Waals surface area contributed by atoms with Gasteiger partial charge in [-0.25, -0.2) is 4.79 Å². The Balaban J connectivity index is 2.02. The predicted octanol–water partition coefficient (Wildman–Crippen LogP) is 2.54. The van der Waals surface area contributed by atoms with Gasteiger partial charge < -0.3 is 10.1 Å². The van der Waals surface area contributed by atoms with Crippen LogP contribution >= 0.6 is 0 Å². The van der Waals surface area contributed by atoms with Crippen LogP contribution in [0.25, 0.3) is 0 Å². The molecule has 2 atom stereocenters. The summed E-state index contributed by atoms with van der Waals surface area (Å²) >= 11 is 0. The van der Waals surface area contributed by atoms with Crippen LogP contribution in [0.3, 0.4) is 0 Å². The summed E-state index contributed by atoms with van der Waals surface area (Å²) in [5.74, 6) is 1.12. The highest BCUT2D eigenvalue weighted by Gasteiger charge is 2.24. The van der Waals surface area contributed by atoms with Gasteiger partial charge >= 0.3 is 6.09 Å². The lowest BCUT2D eigenvalue weighted by atomic mass is 10.2. The van der Waals surface area contributed by atoms with Gasteiger partial charge in [0.15, 0.2) is 0 Å². The molecule has 1 amide bonds. The Hall–Kier alpha value is -1.10. The molecule has 0 bridgehead atoms. The fourth-order valence-corrected chi connectivity index (χ4v) is 3.09. The van der Waals surface area contributed by atoms with E-state index in [9.17, 15) is 9.00 Å². The van der Waals surface area contributed by atoms with Crippen LogP contribution in [0.15, 0.2) is 24.3 Å². The van der Waals surface area contributed by atoms with Crippen molar-refractivity contribution < 1.29 is 13.7 Å². The Morgan fingerprint density at radius 2 is 2.05 bits per heavy atom. The number of carbonyl (C=O) groups excluding carboxylic acids is 1. The molecular formula is C14H23NO3S. The first-order chi connectivity index (χ1) is 9.22. The number of hydrogen-bond donors (Lipinski definition) is 1. The van der Waals surface area contributed by atoms with Crippen LogP contribution in [0.1, 0.15) is 32.6 Å². The Bertz CT molecular complexity index is 353. The molecule has 2 unspecified atom stereocenters. The number of alkyl carbamates (subject to hydrolysis) is 1. The standard InChI is InChI=1S/C14H23NO3S/c1-2-3-4-5-6-7-8-10-15-14(16)18-13-9-11-19(17)12-13/h3-4,7-8,13H,2,5-6,9-12H2,1H3,(H,15,16)/b4-3-,8-7+. The molecule has 0 aromatic carbocycles. The third-order valence-corrected chi connectivity index (χ3v) is 4.18. The summed E-state index contributed by atoms with van der Waals surface area (Å²) < 4.78 is 16.3. The molecule has 0 aromatic rings. The molecule has 1 N–H and O–H groups in total. The number of unbranched alkanes of at least 4 members (excludes halogenated alkanes) is 1. The second-order valence-corrected chi connectivity index (χ2v) is 6.06. The summed E-state index contributed by atoms with van der Waals surface area (Å²) in [6.07, 6.45) is 11.5. The largest absolute Gasteiger partial charge is 0.445 e. The van der Waals surface area contributed by atoms with Gasteiger partial charge in [-0.05, 0) is 25.7 Å². The average Bonchev–Trinajstić information content (AvgIpc) is 2.78. The smallest absolute Gasteiger partial charge is 0.407 e. The number of ether oxygens (including phenoxy) is 1. The monoisotopic (exact) mass is 285 g/mol. The van der Waals surface area contributed by atoms with Gasteiger partial charge in [-0.2, -0.15) is 0 Å². The Morgan fingerprint density at radius 3 is 2.68 bits per heavy atom. The second kappa shape index (κ2) is 9.78. The van der Waals surface area contributed by atoms with Crippen molar-refractivity contribution in [2.45, 2.75) is 38.7 Å². The maximum absolute atomic E-state index is 11.4. The molecule has 1 heterocycles. The lowest BCUT2D eigenvalue weighted by molar-refractivity contribution is 0.111. The van der Waals surface area contributed by atoms with Crippen LogP contribution in [0.4, 0.5) is 4.79 Å². The zero-order valence-electron chi connectivity index (χ0n) is 11.5. The number of nitrogens with one attached hydrogen (secondary N) is 1. The normalized spacial score (nSPS) is 23.2. The van der Waals surface area contributed by atoms with Crippen molar-refractivity contribution >= 4 is 16.9 Å². The quantitative estimate of drug-likeness (QED) is 0.577. The molecule has 108 valence electrons. The number of allylic oxidation sites excluding steroid dienone is 3. The average molecular weight is 285 g/mol. The van der Waals surface area contributed by atoms with Gasteiger partial charge in [0.1, 0.15) is 6.10 Å². The van der Waals surface area contributed by atoms with Gasteiger partial charge in [0.25, 0.3) is 0 Å². The van der Waals surface area contributed by atoms with E-state index in [1.165, 1.54) is 0 Å². The fourth-order valence-electron chi connectivity index (χ4n) is 1.74. The van der Waals surface area contributed by atoms with E-state index < -0.39 is 16.9 Å². The molecule has 4 nitrogen and oxygen atoms in total. The topological polar surface area (TPSA) is 55.4 Å². The van der Waals surface area contributed by atoms with Gasteiger partial charge in [-0.3, -0.25) is 4.21 Å². The summed E-state index contributed by atoms with van der Waals surface area (Å²) in [4.78, 5) is 11.4. The summed E-state index contributed by atoms with van der Waals surface area (Å²) in [7, 11) is -0.808. The third-order valence-electron chi connectivity index (χ3n) is 2.75. The summed E-state index contributed by atoms with van der Waals surface area (Å²) in [5.41, 5.74) is 0. The summed E-state index contributed by atoms with van der Waals surface area (Å²) in [6.45, 7) is 2.59. The molecule has 1 aliphatic rings. The first-order valence-corrected chi connectivity index (χ1v) is 8.30. The minimum Gasteiger partial charge on any atom is -0.445 e. The van der Waals surface area contributed by atoms with Crippen LogP contribution < -0.4 is 5.32 Å². The van der Waals surface area contributed by atoms with Gasteiger partial charge in [0.2, 0.25) is 0 Å². The van der Waals surface area contributed by atoms with Crippen LogP contribution in [-0.2, 0) is 15.5 Å². The zero-order valence-corrected chi connectivity index (χ0v) is 12.3. The minimum absolute atomic E-state index is 0.177. The van der Waals surface area contributed by atoms with Crippen molar-refractivity contribution in [1.82, 2.24) is 5.32 Å². The first kappa shape index (κ1) is 16.0. The lowest BCUT2D eigenvalue weighted by Crippen LogP contribution is -2.29. The van der Waals surface area contributed by atoms with Crippen molar-refractivity contribution in [2.75, 3.05) is 18.1 Å². The first-order valence-electron chi connectivity index (χ1n) is 6.81. The lowest BCUT2D eigenvalue weighted by Gasteiger charge is -2.10. The van der Waals surface area contributed by atoms with E-state index in [1.54, 1.807) is 0 Å². The number of amides is 1. The van der Waals surface area contributed by atoms with Gasteiger partial charge in [0.05, 0.1) is 5.75 Å². The third kappa shape index (κ3) is 7.82. The van der Waals surface area contributed by atoms with Crippen molar-refractivity contribution in [3.05, 3.63) is 24.3 Å². The molecule has 5 heteroatoms. The Morgan fingerprint density at radius 1 is 1.32 bits per heavy atom. The Labute approximate surface area is 117 Å².